The van der Waals surface area contributed by atoms with Gasteiger partial charge in [-0.25, -0.2) is 9.36 Å². The van der Waals surface area contributed by atoms with Crippen LogP contribution in [0, 0.1) is 5.41 Å². The molecule has 18 heavy (non-hydrogen) atoms. The maximum atomic E-state index is 12.2. The van der Waals surface area contributed by atoms with Gasteiger partial charge in [0.1, 0.15) is 0 Å². The maximum absolute atomic E-state index is 12.2. The molecule has 1 aromatic carbocycles. The molecule has 0 fully saturated rings. The van der Waals surface area contributed by atoms with Crippen molar-refractivity contribution in [3.63, 3.8) is 0 Å². The summed E-state index contributed by atoms with van der Waals surface area (Å²) in [6, 6.07) is 5.03. The highest BCUT2D eigenvalue weighted by molar-refractivity contribution is 5.91. The number of rotatable bonds is 1. The number of carbonyl (C=O) groups excluding carboxylic acids is 1. The lowest BCUT2D eigenvalue weighted by atomic mass is 9.92. The first-order valence-electron chi connectivity index (χ1n) is 5.81. The molecule has 0 bridgehead atoms. The molecule has 0 radical (unpaired) electrons. The number of hydrogen-bond acceptors (Lipinski definition) is 3. The smallest absolute Gasteiger partial charge is 0.333 e. The first-order valence-corrected chi connectivity index (χ1v) is 5.81. The van der Waals surface area contributed by atoms with E-state index >= 15 is 0 Å². The highest BCUT2D eigenvalue weighted by atomic mass is 16.2. The third-order valence-electron chi connectivity index (χ3n) is 2.64. The standard InChI is InChI=1S/C13H17N3O2/c1-13(2,3)7-11(17)16-10-6-8(14)4-5-9(10)15-12(16)18/h4-6H,7,14H2,1-3H3,(H,15,18). The Morgan fingerprint density at radius 3 is 2.67 bits per heavy atom. The molecule has 1 heterocycles. The van der Waals surface area contributed by atoms with Gasteiger partial charge in [-0.1, -0.05) is 20.8 Å². The molecule has 5 heteroatoms. The van der Waals surface area contributed by atoms with Gasteiger partial charge in [0, 0.05) is 12.1 Å². The Kier molecular flexibility index (Phi) is 2.77. The third kappa shape index (κ3) is 2.30. The lowest BCUT2D eigenvalue weighted by molar-refractivity contribution is 0.0858. The van der Waals surface area contributed by atoms with Gasteiger partial charge in [-0.2, -0.15) is 0 Å². The Balaban J connectivity index is 2.57. The highest BCUT2D eigenvalue weighted by Gasteiger charge is 2.20. The molecule has 5 nitrogen and oxygen atoms in total. The summed E-state index contributed by atoms with van der Waals surface area (Å²) >= 11 is 0. The van der Waals surface area contributed by atoms with Crippen molar-refractivity contribution in [2.24, 2.45) is 5.41 Å². The number of aromatic nitrogens is 2. The number of benzene rings is 1. The van der Waals surface area contributed by atoms with E-state index in [1.165, 1.54) is 0 Å². The SMILES string of the molecule is CC(C)(C)CC(=O)n1c(=O)[nH]c2ccc(N)cc21. The predicted octanol–water partition coefficient (Wildman–Crippen LogP) is 1.99. The van der Waals surface area contributed by atoms with Crippen molar-refractivity contribution in [2.45, 2.75) is 27.2 Å². The van der Waals surface area contributed by atoms with Crippen LogP contribution in [-0.2, 0) is 0 Å². The number of nitrogens with two attached hydrogens (primary N) is 1. The van der Waals surface area contributed by atoms with Crippen molar-refractivity contribution < 1.29 is 4.79 Å². The number of nitrogens with one attached hydrogen (secondary N) is 1. The van der Waals surface area contributed by atoms with Crippen molar-refractivity contribution in [1.29, 1.82) is 0 Å². The molecule has 0 spiro atoms. The first-order chi connectivity index (χ1) is 8.28. The fourth-order valence-corrected chi connectivity index (χ4v) is 1.90. The summed E-state index contributed by atoms with van der Waals surface area (Å²) in [6.07, 6.45) is 0.300. The maximum Gasteiger partial charge on any atom is 0.333 e. The zero-order chi connectivity index (χ0) is 13.5. The van der Waals surface area contributed by atoms with Gasteiger partial charge in [-0.15, -0.1) is 0 Å². The normalized spacial score (nSPS) is 11.9. The molecule has 0 aliphatic heterocycles. The van der Waals surface area contributed by atoms with E-state index in [-0.39, 0.29) is 11.3 Å². The molecule has 0 saturated carbocycles. The van der Waals surface area contributed by atoms with Crippen molar-refractivity contribution >= 4 is 22.6 Å². The predicted molar refractivity (Wildman–Crippen MR) is 71.7 cm³/mol. The quantitative estimate of drug-likeness (QED) is 0.756. The van der Waals surface area contributed by atoms with Crippen LogP contribution in [0.2, 0.25) is 0 Å². The summed E-state index contributed by atoms with van der Waals surface area (Å²) in [6.45, 7) is 5.87. The number of anilines is 1. The molecular weight excluding hydrogens is 230 g/mol. The van der Waals surface area contributed by atoms with Gasteiger partial charge in [0.05, 0.1) is 11.0 Å². The number of carbonyl (C=O) groups is 1. The van der Waals surface area contributed by atoms with Crippen LogP contribution in [0.25, 0.3) is 11.0 Å². The molecule has 0 amide bonds. The summed E-state index contributed by atoms with van der Waals surface area (Å²) in [7, 11) is 0. The number of nitrogens with zero attached hydrogens (tertiary/aromatic N) is 1. The fraction of sp³-hybridized carbons (Fsp3) is 0.385. The molecule has 0 aliphatic rings. The second kappa shape index (κ2) is 4.01. The number of imidazole rings is 1. The van der Waals surface area contributed by atoms with Crippen molar-refractivity contribution in [1.82, 2.24) is 9.55 Å². The van der Waals surface area contributed by atoms with Crippen LogP contribution in [0.15, 0.2) is 23.0 Å². The van der Waals surface area contributed by atoms with Gasteiger partial charge < -0.3 is 10.7 Å². The van der Waals surface area contributed by atoms with E-state index in [9.17, 15) is 9.59 Å². The summed E-state index contributed by atoms with van der Waals surface area (Å²) in [5.41, 5.74) is 6.80. The average Bonchev–Trinajstić information content (AvgIpc) is 2.50. The van der Waals surface area contributed by atoms with E-state index in [0.29, 0.717) is 23.1 Å². The highest BCUT2D eigenvalue weighted by Crippen LogP contribution is 2.21. The summed E-state index contributed by atoms with van der Waals surface area (Å²) in [4.78, 5) is 26.6. The summed E-state index contributed by atoms with van der Waals surface area (Å²) < 4.78 is 1.16. The molecule has 0 aliphatic carbocycles. The van der Waals surface area contributed by atoms with Crippen molar-refractivity contribution in [3.05, 3.63) is 28.7 Å². The number of fused-ring (bicyclic) bond motifs is 1. The number of nitrogen functional groups attached to an aromatic ring is 1. The van der Waals surface area contributed by atoms with Crippen molar-refractivity contribution in [2.75, 3.05) is 5.73 Å². The lowest BCUT2D eigenvalue weighted by Gasteiger charge is -2.16. The molecule has 2 rings (SSSR count). The van der Waals surface area contributed by atoms with Gasteiger partial charge in [0.25, 0.3) is 0 Å². The van der Waals surface area contributed by atoms with E-state index in [1.807, 2.05) is 20.8 Å². The number of aromatic amines is 1. The minimum Gasteiger partial charge on any atom is -0.399 e. The van der Waals surface area contributed by atoms with Crippen LogP contribution >= 0.6 is 0 Å². The second-order valence-electron chi connectivity index (χ2n) is 5.67. The zero-order valence-corrected chi connectivity index (χ0v) is 10.8. The molecule has 0 unspecified atom stereocenters. The van der Waals surface area contributed by atoms with E-state index in [4.69, 9.17) is 5.73 Å². The molecule has 2 aromatic rings. The van der Waals surface area contributed by atoms with E-state index in [2.05, 4.69) is 4.98 Å². The monoisotopic (exact) mass is 247 g/mol. The van der Waals surface area contributed by atoms with Crippen LogP contribution < -0.4 is 11.4 Å². The molecule has 3 N–H and O–H groups in total. The minimum atomic E-state index is -0.412. The Labute approximate surface area is 105 Å². The van der Waals surface area contributed by atoms with Crippen LogP contribution in [0.3, 0.4) is 0 Å². The summed E-state index contributed by atoms with van der Waals surface area (Å²) in [5, 5.41) is 0. The topological polar surface area (TPSA) is 80.9 Å². The lowest BCUT2D eigenvalue weighted by Crippen LogP contribution is -2.27. The van der Waals surface area contributed by atoms with Gasteiger partial charge in [-0.05, 0) is 23.6 Å². The van der Waals surface area contributed by atoms with Gasteiger partial charge in [0.15, 0.2) is 0 Å². The van der Waals surface area contributed by atoms with Gasteiger partial charge >= 0.3 is 5.69 Å². The number of hydrogen-bond donors (Lipinski definition) is 2. The van der Waals surface area contributed by atoms with Crippen LogP contribution in [0.4, 0.5) is 5.69 Å². The fourth-order valence-electron chi connectivity index (χ4n) is 1.90. The molecule has 0 saturated heterocycles. The van der Waals surface area contributed by atoms with E-state index in [0.717, 1.165) is 4.57 Å². The van der Waals surface area contributed by atoms with Gasteiger partial charge in [-0.3, -0.25) is 4.79 Å². The Morgan fingerprint density at radius 1 is 1.39 bits per heavy atom. The molecule has 0 atom stereocenters. The Bertz CT molecular complexity index is 659. The zero-order valence-electron chi connectivity index (χ0n) is 10.8. The minimum absolute atomic E-state index is 0.166. The largest absolute Gasteiger partial charge is 0.399 e. The average molecular weight is 247 g/mol. The first kappa shape index (κ1) is 12.4. The van der Waals surface area contributed by atoms with E-state index in [1.54, 1.807) is 18.2 Å². The van der Waals surface area contributed by atoms with Gasteiger partial charge in [0.2, 0.25) is 5.91 Å². The van der Waals surface area contributed by atoms with Crippen LogP contribution in [0.1, 0.15) is 32.0 Å². The van der Waals surface area contributed by atoms with E-state index < -0.39 is 5.69 Å². The third-order valence-corrected chi connectivity index (χ3v) is 2.64. The number of H-pyrrole nitrogens is 1. The molecule has 1 aromatic heterocycles. The van der Waals surface area contributed by atoms with Crippen LogP contribution in [0.5, 0.6) is 0 Å². The van der Waals surface area contributed by atoms with Crippen molar-refractivity contribution in [3.8, 4) is 0 Å². The Hall–Kier alpha value is -2.04. The molecular formula is C13H17N3O2. The van der Waals surface area contributed by atoms with Crippen LogP contribution in [-0.4, -0.2) is 15.5 Å². The molecule has 96 valence electrons. The Morgan fingerprint density at radius 2 is 2.06 bits per heavy atom. The summed E-state index contributed by atoms with van der Waals surface area (Å²) in [5.74, 6) is -0.218. The second-order valence-corrected chi connectivity index (χ2v) is 5.67.